The first-order valence-corrected chi connectivity index (χ1v) is 9.68. The molecule has 0 fully saturated rings. The van der Waals surface area contributed by atoms with Crippen molar-refractivity contribution in [3.05, 3.63) is 54.1 Å². The van der Waals surface area contributed by atoms with Gasteiger partial charge in [-0.2, -0.15) is 8.78 Å². The maximum Gasteiger partial charge on any atom is 0.387 e. The van der Waals surface area contributed by atoms with E-state index in [0.717, 1.165) is 43.1 Å². The average molecular weight is 402 g/mol. The number of nitrogens with zero attached hydrogens (tertiary/aromatic N) is 2. The minimum Gasteiger partial charge on any atom is -0.494 e. The molecule has 0 amide bonds. The van der Waals surface area contributed by atoms with Gasteiger partial charge >= 0.3 is 6.61 Å². The number of aliphatic imine (C=N–C) groups is 1. The van der Waals surface area contributed by atoms with Crippen LogP contribution in [-0.2, 0) is 0 Å². The molecule has 2 aromatic carbocycles. The fourth-order valence-corrected chi connectivity index (χ4v) is 3.18. The molecule has 0 radical (unpaired) electrons. The highest BCUT2D eigenvalue weighted by Gasteiger charge is 2.20. The molecule has 3 rings (SSSR count). The molecule has 29 heavy (non-hydrogen) atoms. The molecule has 1 heterocycles. The molecule has 0 atom stereocenters. The fourth-order valence-electron chi connectivity index (χ4n) is 3.18. The summed E-state index contributed by atoms with van der Waals surface area (Å²) in [6.45, 7) is 0.474. The number of Topliss-reactive ketones (excluding diaryl/α,β-unsaturated/α-hetero) is 1. The summed E-state index contributed by atoms with van der Waals surface area (Å²) < 4.78 is 34.4. The summed E-state index contributed by atoms with van der Waals surface area (Å²) in [4.78, 5) is 19.4. The van der Waals surface area contributed by atoms with Crippen molar-refractivity contribution >= 4 is 17.3 Å². The van der Waals surface area contributed by atoms with Crippen LogP contribution in [0.1, 0.15) is 36.5 Å². The Labute approximate surface area is 169 Å². The quantitative estimate of drug-likeness (QED) is 0.586. The molecule has 5 nitrogen and oxygen atoms in total. The van der Waals surface area contributed by atoms with E-state index in [2.05, 4.69) is 9.73 Å². The minimum absolute atomic E-state index is 0.0246. The highest BCUT2D eigenvalue weighted by atomic mass is 19.3. The molecule has 0 aliphatic carbocycles. The molecule has 2 aromatic rings. The van der Waals surface area contributed by atoms with E-state index in [0.29, 0.717) is 12.2 Å². The molecule has 0 spiro atoms. The third-order valence-electron chi connectivity index (χ3n) is 4.58. The van der Waals surface area contributed by atoms with Crippen LogP contribution in [0.5, 0.6) is 11.5 Å². The van der Waals surface area contributed by atoms with E-state index in [1.54, 1.807) is 0 Å². The molecule has 1 aliphatic heterocycles. The summed E-state index contributed by atoms with van der Waals surface area (Å²) in [6.07, 6.45) is 2.88. The second-order valence-corrected chi connectivity index (χ2v) is 6.59. The van der Waals surface area contributed by atoms with Crippen LogP contribution in [0, 0.1) is 0 Å². The van der Waals surface area contributed by atoms with Gasteiger partial charge in [0.1, 0.15) is 17.3 Å². The van der Waals surface area contributed by atoms with Gasteiger partial charge in [-0.1, -0.05) is 0 Å². The van der Waals surface area contributed by atoms with E-state index in [9.17, 15) is 13.6 Å². The number of amidine groups is 1. The largest absolute Gasteiger partial charge is 0.494 e. The molecular formula is C22H24F2N2O3. The van der Waals surface area contributed by atoms with Gasteiger partial charge in [-0.15, -0.1) is 0 Å². The molecule has 0 saturated carbocycles. The maximum atomic E-state index is 12.9. The Balaban J connectivity index is 1.79. The highest BCUT2D eigenvalue weighted by molar-refractivity contribution is 6.07. The molecule has 0 saturated heterocycles. The minimum atomic E-state index is -2.89. The van der Waals surface area contributed by atoms with Crippen molar-refractivity contribution < 1.29 is 23.0 Å². The van der Waals surface area contributed by atoms with Crippen molar-refractivity contribution in [2.24, 2.45) is 4.99 Å². The lowest BCUT2D eigenvalue weighted by molar-refractivity contribution is -0.0498. The lowest BCUT2D eigenvalue weighted by Crippen LogP contribution is -2.37. The van der Waals surface area contributed by atoms with E-state index in [1.165, 1.54) is 24.3 Å². The zero-order valence-electron chi connectivity index (χ0n) is 16.3. The van der Waals surface area contributed by atoms with E-state index < -0.39 is 6.61 Å². The second kappa shape index (κ2) is 10.0. The molecule has 0 N–H and O–H groups in total. The first-order chi connectivity index (χ1) is 14.1. The Hall–Kier alpha value is -2.96. The van der Waals surface area contributed by atoms with Crippen LogP contribution < -0.4 is 14.4 Å². The number of carbonyl (C=O) groups excluding carboxylic acids is 1. The summed E-state index contributed by atoms with van der Waals surface area (Å²) in [7, 11) is 0. The predicted octanol–water partition coefficient (Wildman–Crippen LogP) is 4.96. The molecule has 154 valence electrons. The molecule has 0 unspecified atom stereocenters. The zero-order valence-corrected chi connectivity index (χ0v) is 16.3. The smallest absolute Gasteiger partial charge is 0.387 e. The van der Waals surface area contributed by atoms with Crippen molar-refractivity contribution in [1.29, 1.82) is 0 Å². The van der Waals surface area contributed by atoms with Gasteiger partial charge in [-0.05, 0) is 68.3 Å². The summed E-state index contributed by atoms with van der Waals surface area (Å²) in [6, 6.07) is 13.3. The molecule has 7 heteroatoms. The van der Waals surface area contributed by atoms with E-state index in [-0.39, 0.29) is 18.1 Å². The number of halogens is 2. The van der Waals surface area contributed by atoms with Gasteiger partial charge in [0.05, 0.1) is 13.2 Å². The Morgan fingerprint density at radius 3 is 2.34 bits per heavy atom. The first kappa shape index (κ1) is 20.8. The standard InChI is InChI=1S/C22H24F2N2O3/c1-2-28-18-12-8-17(9-13-18)26(21-5-3-4-14-25-21)15-20(27)16-6-10-19(11-7-16)29-22(23)24/h6-13,22H,2-5,14-15H2,1H3. The topological polar surface area (TPSA) is 51.1 Å². The number of rotatable bonds is 8. The van der Waals surface area contributed by atoms with Crippen LogP contribution in [0.15, 0.2) is 53.5 Å². The SMILES string of the molecule is CCOc1ccc(N(CC(=O)c2ccc(OC(F)F)cc2)C2=NCCCC2)cc1. The van der Waals surface area contributed by atoms with Crippen molar-refractivity contribution in [2.45, 2.75) is 32.8 Å². The van der Waals surface area contributed by atoms with Crippen LogP contribution in [-0.4, -0.2) is 37.9 Å². The van der Waals surface area contributed by atoms with Crippen LogP contribution in [0.3, 0.4) is 0 Å². The van der Waals surface area contributed by atoms with Gasteiger partial charge in [-0.3, -0.25) is 9.79 Å². The highest BCUT2D eigenvalue weighted by Crippen LogP contribution is 2.24. The number of ether oxygens (including phenoxy) is 2. The van der Waals surface area contributed by atoms with Gasteiger partial charge in [0.25, 0.3) is 0 Å². The van der Waals surface area contributed by atoms with Gasteiger partial charge in [-0.25, -0.2) is 0 Å². The van der Waals surface area contributed by atoms with Crippen molar-refractivity contribution in [1.82, 2.24) is 0 Å². The van der Waals surface area contributed by atoms with Gasteiger partial charge in [0.15, 0.2) is 5.78 Å². The average Bonchev–Trinajstić information content (AvgIpc) is 2.73. The summed E-state index contributed by atoms with van der Waals surface area (Å²) in [5.74, 6) is 1.54. The monoisotopic (exact) mass is 402 g/mol. The van der Waals surface area contributed by atoms with Crippen LogP contribution in [0.25, 0.3) is 0 Å². The Morgan fingerprint density at radius 2 is 1.76 bits per heavy atom. The second-order valence-electron chi connectivity index (χ2n) is 6.59. The van der Waals surface area contributed by atoms with Crippen LogP contribution in [0.2, 0.25) is 0 Å². The summed E-state index contributed by atoms with van der Waals surface area (Å²) >= 11 is 0. The lowest BCUT2D eigenvalue weighted by Gasteiger charge is -2.28. The Bertz CT molecular complexity index is 836. The number of carbonyl (C=O) groups is 1. The van der Waals surface area contributed by atoms with Gasteiger partial charge < -0.3 is 14.4 Å². The summed E-state index contributed by atoms with van der Waals surface area (Å²) in [5, 5.41) is 0. The fraction of sp³-hybridized carbons (Fsp3) is 0.364. The molecule has 0 bridgehead atoms. The Morgan fingerprint density at radius 1 is 1.07 bits per heavy atom. The first-order valence-electron chi connectivity index (χ1n) is 9.68. The van der Waals surface area contributed by atoms with E-state index in [1.807, 2.05) is 36.1 Å². The number of hydrogen-bond acceptors (Lipinski definition) is 5. The molecular weight excluding hydrogens is 378 g/mol. The zero-order chi connectivity index (χ0) is 20.6. The maximum absolute atomic E-state index is 12.9. The lowest BCUT2D eigenvalue weighted by atomic mass is 10.1. The van der Waals surface area contributed by atoms with Crippen LogP contribution >= 0.6 is 0 Å². The third-order valence-corrected chi connectivity index (χ3v) is 4.58. The number of alkyl halides is 2. The van der Waals surface area contributed by atoms with Crippen molar-refractivity contribution in [2.75, 3.05) is 24.6 Å². The number of ketones is 1. The normalized spacial score (nSPS) is 13.7. The Kier molecular flexibility index (Phi) is 7.16. The van der Waals surface area contributed by atoms with Crippen LogP contribution in [0.4, 0.5) is 14.5 Å². The summed E-state index contributed by atoms with van der Waals surface area (Å²) in [5.41, 5.74) is 1.29. The van der Waals surface area contributed by atoms with Crippen molar-refractivity contribution in [3.8, 4) is 11.5 Å². The van der Waals surface area contributed by atoms with E-state index in [4.69, 9.17) is 4.74 Å². The van der Waals surface area contributed by atoms with Gasteiger partial charge in [0.2, 0.25) is 0 Å². The van der Waals surface area contributed by atoms with E-state index >= 15 is 0 Å². The molecule has 1 aliphatic rings. The third kappa shape index (κ3) is 5.76. The van der Waals surface area contributed by atoms with Gasteiger partial charge in [0, 0.05) is 24.2 Å². The van der Waals surface area contributed by atoms with Crippen molar-refractivity contribution in [3.63, 3.8) is 0 Å². The number of hydrogen-bond donors (Lipinski definition) is 0. The molecule has 0 aromatic heterocycles. The predicted molar refractivity (Wildman–Crippen MR) is 109 cm³/mol. The number of anilines is 1. The number of benzene rings is 2.